The Morgan fingerprint density at radius 3 is 2.00 bits per heavy atom. The lowest BCUT2D eigenvalue weighted by atomic mass is 10.1. The minimum Gasteiger partial charge on any atom is -0.504 e. The molecule has 0 atom stereocenters. The first kappa shape index (κ1) is 23.3. The molecule has 4 nitrogen and oxygen atoms in total. The SMILES string of the molecule is CCCCCCCCCCCCCC(=O)OCCCc1ccc(O)c(O)c1. The summed E-state index contributed by atoms with van der Waals surface area (Å²) in [6.45, 7) is 2.65. The Bertz CT molecular complexity index is 513. The van der Waals surface area contributed by atoms with Crippen molar-refractivity contribution in [3.05, 3.63) is 23.8 Å². The predicted octanol–water partition coefficient (Wildman–Crippen LogP) is 6.27. The van der Waals surface area contributed by atoms with Crippen LogP contribution in [0.15, 0.2) is 18.2 Å². The van der Waals surface area contributed by atoms with Crippen LogP contribution >= 0.6 is 0 Å². The zero-order chi connectivity index (χ0) is 19.7. The van der Waals surface area contributed by atoms with Crippen LogP contribution in [0.2, 0.25) is 0 Å². The lowest BCUT2D eigenvalue weighted by molar-refractivity contribution is -0.143. The molecule has 1 aromatic carbocycles. The minimum absolute atomic E-state index is 0.110. The Hall–Kier alpha value is -1.71. The van der Waals surface area contributed by atoms with Crippen molar-refractivity contribution in [2.75, 3.05) is 6.61 Å². The van der Waals surface area contributed by atoms with E-state index in [2.05, 4.69) is 6.92 Å². The Kier molecular flexibility index (Phi) is 13.3. The number of esters is 1. The second-order valence-corrected chi connectivity index (χ2v) is 7.43. The summed E-state index contributed by atoms with van der Waals surface area (Å²) in [5.74, 6) is -0.336. The molecule has 0 saturated heterocycles. The number of hydrogen-bond donors (Lipinski definition) is 2. The summed E-state index contributed by atoms with van der Waals surface area (Å²) in [5.41, 5.74) is 0.923. The summed E-state index contributed by atoms with van der Waals surface area (Å²) >= 11 is 0. The summed E-state index contributed by atoms with van der Waals surface area (Å²) in [7, 11) is 0. The smallest absolute Gasteiger partial charge is 0.305 e. The molecule has 0 fully saturated rings. The molecule has 0 aliphatic rings. The van der Waals surface area contributed by atoms with Crippen LogP contribution in [0.25, 0.3) is 0 Å². The van der Waals surface area contributed by atoms with Gasteiger partial charge >= 0.3 is 5.97 Å². The Labute approximate surface area is 164 Å². The first-order valence-corrected chi connectivity index (χ1v) is 10.8. The minimum atomic E-state index is -0.114. The number of hydrogen-bond acceptors (Lipinski definition) is 4. The molecular formula is C23H38O4. The van der Waals surface area contributed by atoms with E-state index in [4.69, 9.17) is 4.74 Å². The third-order valence-electron chi connectivity index (χ3n) is 4.90. The molecule has 0 radical (unpaired) electrons. The molecule has 4 heteroatoms. The molecule has 0 aliphatic carbocycles. The molecular weight excluding hydrogens is 340 g/mol. The normalized spacial score (nSPS) is 10.9. The van der Waals surface area contributed by atoms with E-state index in [1.807, 2.05) is 0 Å². The number of carbonyl (C=O) groups is 1. The van der Waals surface area contributed by atoms with E-state index in [0.717, 1.165) is 18.4 Å². The number of aromatic hydroxyl groups is 2. The van der Waals surface area contributed by atoms with E-state index < -0.39 is 0 Å². The third-order valence-corrected chi connectivity index (χ3v) is 4.90. The van der Waals surface area contributed by atoms with Crippen molar-refractivity contribution in [3.8, 4) is 11.5 Å². The highest BCUT2D eigenvalue weighted by Crippen LogP contribution is 2.25. The van der Waals surface area contributed by atoms with E-state index in [9.17, 15) is 15.0 Å². The van der Waals surface area contributed by atoms with E-state index in [0.29, 0.717) is 25.9 Å². The van der Waals surface area contributed by atoms with Gasteiger partial charge in [-0.1, -0.05) is 77.2 Å². The van der Waals surface area contributed by atoms with Crippen molar-refractivity contribution >= 4 is 5.97 Å². The van der Waals surface area contributed by atoms with E-state index in [1.54, 1.807) is 12.1 Å². The second kappa shape index (κ2) is 15.4. The molecule has 0 aromatic heterocycles. The Morgan fingerprint density at radius 1 is 0.815 bits per heavy atom. The van der Waals surface area contributed by atoms with Crippen molar-refractivity contribution in [1.82, 2.24) is 0 Å². The van der Waals surface area contributed by atoms with Crippen LogP contribution in [0.4, 0.5) is 0 Å². The maximum atomic E-state index is 11.7. The highest BCUT2D eigenvalue weighted by molar-refractivity contribution is 5.69. The van der Waals surface area contributed by atoms with Gasteiger partial charge in [0, 0.05) is 6.42 Å². The van der Waals surface area contributed by atoms with Gasteiger partial charge in [0.1, 0.15) is 0 Å². The number of phenolic OH excluding ortho intramolecular Hbond substituents is 2. The molecule has 0 spiro atoms. The first-order chi connectivity index (χ1) is 13.1. The van der Waals surface area contributed by atoms with Crippen LogP contribution in [0, 0.1) is 0 Å². The van der Waals surface area contributed by atoms with Gasteiger partial charge in [0.2, 0.25) is 0 Å². The lowest BCUT2D eigenvalue weighted by Crippen LogP contribution is -2.06. The average molecular weight is 379 g/mol. The van der Waals surface area contributed by atoms with Crippen molar-refractivity contribution in [2.24, 2.45) is 0 Å². The van der Waals surface area contributed by atoms with Crippen molar-refractivity contribution in [1.29, 1.82) is 0 Å². The van der Waals surface area contributed by atoms with E-state index in [-0.39, 0.29) is 17.5 Å². The summed E-state index contributed by atoms with van der Waals surface area (Å²) in [5, 5.41) is 18.7. The van der Waals surface area contributed by atoms with Gasteiger partial charge in [-0.2, -0.15) is 0 Å². The predicted molar refractivity (Wildman–Crippen MR) is 110 cm³/mol. The number of phenols is 2. The number of carbonyl (C=O) groups excluding carboxylic acids is 1. The summed E-state index contributed by atoms with van der Waals surface area (Å²) in [4.78, 5) is 11.7. The number of rotatable bonds is 16. The van der Waals surface area contributed by atoms with Gasteiger partial charge in [-0.25, -0.2) is 0 Å². The van der Waals surface area contributed by atoms with Crippen LogP contribution in [-0.2, 0) is 16.0 Å². The summed E-state index contributed by atoms with van der Waals surface area (Å²) in [6.07, 6.45) is 16.0. The van der Waals surface area contributed by atoms with Gasteiger partial charge in [0.05, 0.1) is 6.61 Å². The number of unbranched alkanes of at least 4 members (excludes halogenated alkanes) is 10. The first-order valence-electron chi connectivity index (χ1n) is 10.8. The molecule has 0 bridgehead atoms. The third kappa shape index (κ3) is 12.3. The molecule has 27 heavy (non-hydrogen) atoms. The van der Waals surface area contributed by atoms with E-state index >= 15 is 0 Å². The van der Waals surface area contributed by atoms with Gasteiger partial charge in [0.25, 0.3) is 0 Å². The lowest BCUT2D eigenvalue weighted by Gasteiger charge is -2.06. The van der Waals surface area contributed by atoms with Gasteiger partial charge in [-0.15, -0.1) is 0 Å². The van der Waals surface area contributed by atoms with Gasteiger partial charge in [0.15, 0.2) is 11.5 Å². The zero-order valence-electron chi connectivity index (χ0n) is 17.0. The quantitative estimate of drug-likeness (QED) is 0.202. The van der Waals surface area contributed by atoms with Crippen LogP contribution in [-0.4, -0.2) is 22.8 Å². The molecule has 0 unspecified atom stereocenters. The molecule has 0 aliphatic heterocycles. The summed E-state index contributed by atoms with van der Waals surface area (Å²) in [6, 6.07) is 4.79. The monoisotopic (exact) mass is 378 g/mol. The Morgan fingerprint density at radius 2 is 1.41 bits per heavy atom. The maximum Gasteiger partial charge on any atom is 0.305 e. The highest BCUT2D eigenvalue weighted by Gasteiger charge is 2.04. The largest absolute Gasteiger partial charge is 0.504 e. The molecule has 154 valence electrons. The van der Waals surface area contributed by atoms with Crippen LogP contribution in [0.1, 0.15) is 96.0 Å². The fraction of sp³-hybridized carbons (Fsp3) is 0.696. The van der Waals surface area contributed by atoms with Gasteiger partial charge in [-0.3, -0.25) is 4.79 Å². The Balaban J connectivity index is 1.89. The van der Waals surface area contributed by atoms with Gasteiger partial charge < -0.3 is 14.9 Å². The molecule has 2 N–H and O–H groups in total. The van der Waals surface area contributed by atoms with Crippen molar-refractivity contribution in [2.45, 2.75) is 96.8 Å². The second-order valence-electron chi connectivity index (χ2n) is 7.43. The molecule has 0 heterocycles. The van der Waals surface area contributed by atoms with E-state index in [1.165, 1.54) is 63.9 Å². The standard InChI is InChI=1S/C23H38O4/c1-2-3-4-5-6-7-8-9-10-11-12-15-23(26)27-18-13-14-20-16-17-21(24)22(25)19-20/h16-17,19,24-25H,2-15,18H2,1H3. The molecule has 0 saturated carbocycles. The fourth-order valence-corrected chi connectivity index (χ4v) is 3.19. The highest BCUT2D eigenvalue weighted by atomic mass is 16.5. The average Bonchev–Trinajstić information content (AvgIpc) is 2.66. The number of ether oxygens (including phenoxy) is 1. The summed E-state index contributed by atoms with van der Waals surface area (Å²) < 4.78 is 5.26. The molecule has 1 aromatic rings. The van der Waals surface area contributed by atoms with Crippen LogP contribution in [0.5, 0.6) is 11.5 Å². The van der Waals surface area contributed by atoms with Gasteiger partial charge in [-0.05, 0) is 37.0 Å². The molecule has 1 rings (SSSR count). The number of aryl methyl sites for hydroxylation is 1. The molecule has 0 amide bonds. The van der Waals surface area contributed by atoms with Crippen LogP contribution < -0.4 is 0 Å². The van der Waals surface area contributed by atoms with Crippen LogP contribution in [0.3, 0.4) is 0 Å². The fourth-order valence-electron chi connectivity index (χ4n) is 3.19. The van der Waals surface area contributed by atoms with Crippen molar-refractivity contribution in [3.63, 3.8) is 0 Å². The topological polar surface area (TPSA) is 66.8 Å². The zero-order valence-corrected chi connectivity index (χ0v) is 17.0. The number of benzene rings is 1. The maximum absolute atomic E-state index is 11.7. The van der Waals surface area contributed by atoms with Crippen molar-refractivity contribution < 1.29 is 19.7 Å².